The van der Waals surface area contributed by atoms with Crippen LogP contribution in [0.4, 0.5) is 17.6 Å². The molecular weight excluding hydrogens is 520 g/mol. The lowest BCUT2D eigenvalue weighted by Gasteiger charge is -2.31. The number of fused-ring (bicyclic) bond motifs is 2. The van der Waals surface area contributed by atoms with Crippen molar-refractivity contribution in [1.82, 2.24) is 15.3 Å². The number of nitrogens with two attached hydrogens (primary N) is 1. The maximum Gasteiger partial charge on any atom is 0.424 e. The second-order valence-electron chi connectivity index (χ2n) is 9.51. The van der Waals surface area contributed by atoms with Crippen molar-refractivity contribution < 1.29 is 37.0 Å². The summed E-state index contributed by atoms with van der Waals surface area (Å²) in [6, 6.07) is 12.3. The number of alkyl halides is 3. The van der Waals surface area contributed by atoms with E-state index in [9.17, 15) is 32.3 Å². The third-order valence-corrected chi connectivity index (χ3v) is 6.97. The molecular formula is C27H22F4N4O4. The molecule has 0 spiro atoms. The van der Waals surface area contributed by atoms with Crippen LogP contribution < -0.4 is 15.8 Å². The molecule has 5 N–H and O–H groups in total. The van der Waals surface area contributed by atoms with Gasteiger partial charge in [-0.15, -0.1) is 0 Å². The predicted molar refractivity (Wildman–Crippen MR) is 132 cm³/mol. The molecule has 0 unspecified atom stereocenters. The summed E-state index contributed by atoms with van der Waals surface area (Å²) in [6.45, 7) is -0.179. The SMILES string of the molecule is C[C@]1(C(N)=O)COc2c1cc([C@@](O)(CNC(=O)c1c[nH]c3ccccc13)C(F)(F)F)nc2-c1ccc(F)cc1. The zero-order valence-corrected chi connectivity index (χ0v) is 20.4. The Labute approximate surface area is 218 Å². The van der Waals surface area contributed by atoms with Crippen molar-refractivity contribution >= 4 is 22.7 Å². The van der Waals surface area contributed by atoms with Crippen LogP contribution in [0.3, 0.4) is 0 Å². The van der Waals surface area contributed by atoms with Gasteiger partial charge in [-0.2, -0.15) is 13.2 Å². The summed E-state index contributed by atoms with van der Waals surface area (Å²) in [5.74, 6) is -2.34. The molecule has 2 aromatic heterocycles. The van der Waals surface area contributed by atoms with E-state index < -0.39 is 47.1 Å². The highest BCUT2D eigenvalue weighted by Gasteiger charge is 2.57. The number of para-hydroxylation sites is 1. The van der Waals surface area contributed by atoms with Crippen LogP contribution in [0.5, 0.6) is 5.75 Å². The lowest BCUT2D eigenvalue weighted by Crippen LogP contribution is -2.51. The van der Waals surface area contributed by atoms with Crippen LogP contribution in [0.25, 0.3) is 22.2 Å². The standard InChI is InChI=1S/C27H22F4N4O4/c1-25(24(32)37)13-39-22-18(25)10-20(35-21(22)14-6-8-15(28)9-7-14)26(38,27(29,30)31)12-34-23(36)17-11-33-19-5-3-2-4-16(17)19/h2-11,33,38H,12-13H2,1H3,(H2,32,37)(H,34,36)/t25-,26-/m0/s1. The van der Waals surface area contributed by atoms with Gasteiger partial charge in [0.1, 0.15) is 29.3 Å². The smallest absolute Gasteiger partial charge is 0.424 e. The minimum Gasteiger partial charge on any atom is -0.489 e. The van der Waals surface area contributed by atoms with Gasteiger partial charge in [0.2, 0.25) is 11.5 Å². The molecule has 1 aliphatic heterocycles. The van der Waals surface area contributed by atoms with Crippen molar-refractivity contribution in [1.29, 1.82) is 0 Å². The van der Waals surface area contributed by atoms with E-state index in [1.165, 1.54) is 25.3 Å². The number of H-pyrrole nitrogens is 1. The molecule has 8 nitrogen and oxygen atoms in total. The third kappa shape index (κ3) is 4.26. The highest BCUT2D eigenvalue weighted by molar-refractivity contribution is 6.06. The molecule has 0 bridgehead atoms. The summed E-state index contributed by atoms with van der Waals surface area (Å²) in [5, 5.41) is 13.7. The summed E-state index contributed by atoms with van der Waals surface area (Å²) >= 11 is 0. The number of hydrogen-bond donors (Lipinski definition) is 4. The molecule has 1 aliphatic rings. The van der Waals surface area contributed by atoms with Gasteiger partial charge in [0, 0.05) is 28.2 Å². The number of carbonyl (C=O) groups excluding carboxylic acids is 2. The van der Waals surface area contributed by atoms with Crippen molar-refractivity contribution in [3.8, 4) is 17.0 Å². The van der Waals surface area contributed by atoms with E-state index >= 15 is 0 Å². The van der Waals surface area contributed by atoms with E-state index in [0.717, 1.165) is 18.2 Å². The van der Waals surface area contributed by atoms with E-state index in [-0.39, 0.29) is 34.7 Å². The molecule has 0 aliphatic carbocycles. The second kappa shape index (κ2) is 9.09. The van der Waals surface area contributed by atoms with Crippen LogP contribution in [0.15, 0.2) is 60.8 Å². The van der Waals surface area contributed by atoms with Crippen molar-refractivity contribution in [2.75, 3.05) is 13.2 Å². The van der Waals surface area contributed by atoms with Gasteiger partial charge < -0.3 is 25.9 Å². The summed E-state index contributed by atoms with van der Waals surface area (Å²) in [5.41, 5.74) is 0.128. The van der Waals surface area contributed by atoms with Crippen molar-refractivity contribution in [3.05, 3.63) is 83.4 Å². The van der Waals surface area contributed by atoms with E-state index in [4.69, 9.17) is 10.5 Å². The fraction of sp³-hybridized carbons (Fsp3) is 0.222. The molecule has 2 aromatic carbocycles. The Kier molecular flexibility index (Phi) is 6.10. The fourth-order valence-corrected chi connectivity index (χ4v) is 4.50. The summed E-state index contributed by atoms with van der Waals surface area (Å²) in [6.07, 6.45) is -3.97. The van der Waals surface area contributed by atoms with Crippen LogP contribution >= 0.6 is 0 Å². The third-order valence-electron chi connectivity index (χ3n) is 6.97. The lowest BCUT2D eigenvalue weighted by atomic mass is 9.81. The van der Waals surface area contributed by atoms with Crippen molar-refractivity contribution in [2.24, 2.45) is 5.73 Å². The number of pyridine rings is 1. The highest BCUT2D eigenvalue weighted by atomic mass is 19.4. The molecule has 12 heteroatoms. The van der Waals surface area contributed by atoms with Gasteiger partial charge in [-0.25, -0.2) is 9.37 Å². The number of carbonyl (C=O) groups is 2. The number of benzene rings is 2. The first-order chi connectivity index (χ1) is 18.3. The zero-order valence-electron chi connectivity index (χ0n) is 20.4. The average Bonchev–Trinajstić information content (AvgIpc) is 3.49. The van der Waals surface area contributed by atoms with Gasteiger partial charge in [-0.3, -0.25) is 9.59 Å². The number of rotatable bonds is 6. The molecule has 0 saturated carbocycles. The number of aromatic amines is 1. The van der Waals surface area contributed by atoms with Crippen LogP contribution in [0, 0.1) is 5.82 Å². The van der Waals surface area contributed by atoms with E-state index in [2.05, 4.69) is 15.3 Å². The van der Waals surface area contributed by atoms with Gasteiger partial charge in [0.15, 0.2) is 0 Å². The monoisotopic (exact) mass is 542 g/mol. The van der Waals surface area contributed by atoms with E-state index in [1.54, 1.807) is 24.3 Å². The minimum atomic E-state index is -5.32. The summed E-state index contributed by atoms with van der Waals surface area (Å²) in [7, 11) is 0. The van der Waals surface area contributed by atoms with E-state index in [1.807, 2.05) is 0 Å². The minimum absolute atomic E-state index is 0.0148. The Morgan fingerprint density at radius 2 is 1.87 bits per heavy atom. The van der Waals surface area contributed by atoms with Gasteiger partial charge in [-0.05, 0) is 43.3 Å². The normalized spacial score (nSPS) is 18.3. The molecule has 202 valence electrons. The van der Waals surface area contributed by atoms with E-state index in [0.29, 0.717) is 10.9 Å². The Balaban J connectivity index is 1.61. The number of nitrogens with one attached hydrogen (secondary N) is 2. The molecule has 0 saturated heterocycles. The predicted octanol–water partition coefficient (Wildman–Crippen LogP) is 3.68. The number of hydrogen-bond acceptors (Lipinski definition) is 5. The Morgan fingerprint density at radius 3 is 2.54 bits per heavy atom. The molecule has 5 rings (SSSR count). The molecule has 39 heavy (non-hydrogen) atoms. The number of nitrogens with zero attached hydrogens (tertiary/aromatic N) is 1. The number of ether oxygens (including phenoxy) is 1. The average molecular weight is 542 g/mol. The molecule has 0 radical (unpaired) electrons. The Hall–Kier alpha value is -4.45. The maximum atomic E-state index is 14.5. The van der Waals surface area contributed by atoms with Crippen LogP contribution in [-0.4, -0.2) is 46.2 Å². The fourth-order valence-electron chi connectivity index (χ4n) is 4.50. The first kappa shape index (κ1) is 26.2. The molecule has 4 aromatic rings. The number of amides is 2. The second-order valence-corrected chi connectivity index (χ2v) is 9.51. The Morgan fingerprint density at radius 1 is 1.18 bits per heavy atom. The van der Waals surface area contributed by atoms with Crippen molar-refractivity contribution in [3.63, 3.8) is 0 Å². The van der Waals surface area contributed by atoms with Gasteiger partial charge in [-0.1, -0.05) is 18.2 Å². The zero-order chi connectivity index (χ0) is 28.2. The lowest BCUT2D eigenvalue weighted by molar-refractivity contribution is -0.265. The Bertz CT molecular complexity index is 1600. The van der Waals surface area contributed by atoms with Crippen LogP contribution in [-0.2, 0) is 15.8 Å². The molecule has 3 heterocycles. The first-order valence-corrected chi connectivity index (χ1v) is 11.7. The summed E-state index contributed by atoms with van der Waals surface area (Å²) in [4.78, 5) is 32.1. The van der Waals surface area contributed by atoms with Gasteiger partial charge in [0.25, 0.3) is 5.91 Å². The molecule has 2 amide bonds. The summed E-state index contributed by atoms with van der Waals surface area (Å²) < 4.78 is 62.7. The maximum absolute atomic E-state index is 14.5. The number of aliphatic hydroxyl groups is 1. The van der Waals surface area contributed by atoms with Crippen LogP contribution in [0.2, 0.25) is 0 Å². The number of halogens is 4. The quantitative estimate of drug-likeness (QED) is 0.276. The molecule has 0 fully saturated rings. The first-order valence-electron chi connectivity index (χ1n) is 11.7. The largest absolute Gasteiger partial charge is 0.489 e. The van der Waals surface area contributed by atoms with Gasteiger partial charge in [0.05, 0.1) is 17.8 Å². The molecule has 2 atom stereocenters. The van der Waals surface area contributed by atoms with Crippen LogP contribution in [0.1, 0.15) is 28.5 Å². The number of aromatic nitrogens is 2. The van der Waals surface area contributed by atoms with Crippen molar-refractivity contribution in [2.45, 2.75) is 24.1 Å². The number of primary amides is 1. The topological polar surface area (TPSA) is 130 Å². The van der Waals surface area contributed by atoms with Gasteiger partial charge >= 0.3 is 6.18 Å². The highest BCUT2D eigenvalue weighted by Crippen LogP contribution is 2.47.